The maximum absolute atomic E-state index is 10.8. The Morgan fingerprint density at radius 3 is 2.50 bits per heavy atom. The van der Waals surface area contributed by atoms with Crippen LogP contribution in [0.4, 0.5) is 0 Å². The SMILES string of the molecule is CC(CCCI)CC(C)(I)C[O]. The number of hydrogen-bond acceptors (Lipinski definition) is 0. The molecule has 73 valence electrons. The lowest BCUT2D eigenvalue weighted by Crippen LogP contribution is -2.23. The Bertz CT molecular complexity index is 115. The molecule has 0 aliphatic rings. The summed E-state index contributed by atoms with van der Waals surface area (Å²) in [5.74, 6) is 0.704. The van der Waals surface area contributed by atoms with Gasteiger partial charge in [-0.25, -0.2) is 5.11 Å². The first-order valence-electron chi connectivity index (χ1n) is 4.35. The van der Waals surface area contributed by atoms with Crippen LogP contribution in [-0.4, -0.2) is 14.5 Å². The standard InChI is InChI=1S/C9H17I2O/c1-8(4-3-5-10)6-9(2,11)7-12/h8H,3-7H2,1-2H3. The number of rotatable bonds is 6. The van der Waals surface area contributed by atoms with Gasteiger partial charge >= 0.3 is 0 Å². The van der Waals surface area contributed by atoms with Crippen molar-refractivity contribution in [3.63, 3.8) is 0 Å². The molecule has 0 aliphatic heterocycles. The predicted molar refractivity (Wildman–Crippen MR) is 69.9 cm³/mol. The highest BCUT2D eigenvalue weighted by Gasteiger charge is 2.22. The summed E-state index contributed by atoms with van der Waals surface area (Å²) < 4.78 is 1.21. The van der Waals surface area contributed by atoms with E-state index < -0.39 is 0 Å². The Balaban J connectivity index is 3.60. The smallest absolute Gasteiger partial charge is 0.0965 e. The van der Waals surface area contributed by atoms with Crippen molar-refractivity contribution >= 4 is 45.2 Å². The van der Waals surface area contributed by atoms with Gasteiger partial charge in [-0.2, -0.15) is 0 Å². The molecule has 1 radical (unpaired) electrons. The van der Waals surface area contributed by atoms with E-state index >= 15 is 0 Å². The first-order chi connectivity index (χ1) is 5.52. The van der Waals surface area contributed by atoms with Crippen LogP contribution in [0.1, 0.15) is 33.1 Å². The zero-order valence-electron chi connectivity index (χ0n) is 7.78. The zero-order chi connectivity index (χ0) is 9.61. The van der Waals surface area contributed by atoms with Gasteiger partial charge in [0, 0.05) is 3.42 Å². The van der Waals surface area contributed by atoms with Gasteiger partial charge in [0.1, 0.15) is 0 Å². The Hall–Kier alpha value is 1.42. The van der Waals surface area contributed by atoms with Crippen LogP contribution in [0.2, 0.25) is 0 Å². The third kappa shape index (κ3) is 6.88. The van der Waals surface area contributed by atoms with Crippen molar-refractivity contribution < 1.29 is 5.11 Å². The van der Waals surface area contributed by atoms with Crippen molar-refractivity contribution in [1.29, 1.82) is 0 Å². The van der Waals surface area contributed by atoms with Gasteiger partial charge in [-0.1, -0.05) is 52.1 Å². The molecule has 0 amide bonds. The summed E-state index contributed by atoms with van der Waals surface area (Å²) in [7, 11) is 0. The molecule has 12 heavy (non-hydrogen) atoms. The molecule has 0 saturated carbocycles. The van der Waals surface area contributed by atoms with Crippen molar-refractivity contribution in [2.75, 3.05) is 11.0 Å². The summed E-state index contributed by atoms with van der Waals surface area (Å²) in [4.78, 5) is 0. The van der Waals surface area contributed by atoms with E-state index in [9.17, 15) is 5.11 Å². The molecular weight excluding hydrogens is 378 g/mol. The lowest BCUT2D eigenvalue weighted by Gasteiger charge is -2.22. The molecule has 0 aromatic heterocycles. The summed E-state index contributed by atoms with van der Waals surface area (Å²) in [5.41, 5.74) is 0. The molecule has 1 nitrogen and oxygen atoms in total. The van der Waals surface area contributed by atoms with Crippen molar-refractivity contribution in [2.24, 2.45) is 5.92 Å². The van der Waals surface area contributed by atoms with Crippen molar-refractivity contribution in [3.05, 3.63) is 0 Å². The summed E-state index contributed by atoms with van der Waals surface area (Å²) in [6.07, 6.45) is 3.61. The minimum absolute atomic E-state index is 0.0253. The largest absolute Gasteiger partial charge is 0.235 e. The van der Waals surface area contributed by atoms with Crippen LogP contribution in [0.25, 0.3) is 0 Å². The van der Waals surface area contributed by atoms with E-state index in [1.165, 1.54) is 17.3 Å². The van der Waals surface area contributed by atoms with Crippen LogP contribution >= 0.6 is 45.2 Å². The summed E-state index contributed by atoms with van der Waals surface area (Å²) in [6.45, 7) is 4.35. The summed E-state index contributed by atoms with van der Waals surface area (Å²) in [5, 5.41) is 10.8. The fourth-order valence-corrected chi connectivity index (χ4v) is 2.51. The maximum atomic E-state index is 10.8. The number of halogens is 2. The van der Waals surface area contributed by atoms with Gasteiger partial charge in [-0.15, -0.1) is 0 Å². The van der Waals surface area contributed by atoms with Gasteiger partial charge in [0.05, 0.1) is 6.61 Å². The topological polar surface area (TPSA) is 19.9 Å². The molecule has 0 spiro atoms. The third-order valence-electron chi connectivity index (χ3n) is 1.91. The first-order valence-corrected chi connectivity index (χ1v) is 6.95. The van der Waals surface area contributed by atoms with Crippen LogP contribution in [0, 0.1) is 5.92 Å². The first kappa shape index (κ1) is 13.4. The molecule has 0 saturated heterocycles. The van der Waals surface area contributed by atoms with Gasteiger partial charge in [-0.05, 0) is 36.5 Å². The van der Waals surface area contributed by atoms with E-state index in [-0.39, 0.29) is 10.0 Å². The van der Waals surface area contributed by atoms with E-state index in [4.69, 9.17) is 0 Å². The highest BCUT2D eigenvalue weighted by molar-refractivity contribution is 14.1. The fourth-order valence-electron chi connectivity index (χ4n) is 1.31. The van der Waals surface area contributed by atoms with Crippen LogP contribution < -0.4 is 0 Å². The minimum atomic E-state index is -0.0253. The fraction of sp³-hybridized carbons (Fsp3) is 1.00. The van der Waals surface area contributed by atoms with Crippen LogP contribution in [-0.2, 0) is 5.11 Å². The van der Waals surface area contributed by atoms with Crippen molar-refractivity contribution in [3.8, 4) is 0 Å². The van der Waals surface area contributed by atoms with E-state index in [0.717, 1.165) is 6.42 Å². The van der Waals surface area contributed by atoms with Crippen LogP contribution in [0.3, 0.4) is 0 Å². The molecule has 0 aromatic carbocycles. The summed E-state index contributed by atoms with van der Waals surface area (Å²) >= 11 is 4.70. The zero-order valence-corrected chi connectivity index (χ0v) is 12.1. The molecular formula is C9H17I2O. The summed E-state index contributed by atoms with van der Waals surface area (Å²) in [6, 6.07) is 0. The quantitative estimate of drug-likeness (QED) is 0.481. The van der Waals surface area contributed by atoms with E-state index in [1.807, 2.05) is 0 Å². The van der Waals surface area contributed by atoms with Crippen LogP contribution in [0.5, 0.6) is 0 Å². The van der Waals surface area contributed by atoms with Gasteiger partial charge in [0.2, 0.25) is 0 Å². The monoisotopic (exact) mass is 395 g/mol. The van der Waals surface area contributed by atoms with E-state index in [1.54, 1.807) is 0 Å². The second kappa shape index (κ2) is 6.81. The molecule has 0 aliphatic carbocycles. The van der Waals surface area contributed by atoms with E-state index in [2.05, 4.69) is 59.0 Å². The number of hydrogen-bond donors (Lipinski definition) is 0. The highest BCUT2D eigenvalue weighted by Crippen LogP contribution is 2.28. The molecule has 2 atom stereocenters. The molecule has 0 heterocycles. The molecule has 0 bridgehead atoms. The van der Waals surface area contributed by atoms with E-state index in [0.29, 0.717) is 5.92 Å². The molecule has 2 unspecified atom stereocenters. The van der Waals surface area contributed by atoms with Gasteiger partial charge in [-0.3, -0.25) is 0 Å². The average Bonchev–Trinajstić information content (AvgIpc) is 2.00. The molecule has 0 fully saturated rings. The normalized spacial score (nSPS) is 18.8. The molecule has 0 aromatic rings. The Kier molecular flexibility index (Phi) is 7.62. The average molecular weight is 395 g/mol. The predicted octanol–water partition coefficient (Wildman–Crippen LogP) is 3.85. The van der Waals surface area contributed by atoms with Crippen molar-refractivity contribution in [1.82, 2.24) is 0 Å². The second-order valence-corrected chi connectivity index (χ2v) is 7.38. The highest BCUT2D eigenvalue weighted by atomic mass is 127. The van der Waals surface area contributed by atoms with Gasteiger partial charge in [0.25, 0.3) is 0 Å². The van der Waals surface area contributed by atoms with Gasteiger partial charge in [0.15, 0.2) is 0 Å². The Morgan fingerprint density at radius 1 is 1.50 bits per heavy atom. The second-order valence-electron chi connectivity index (χ2n) is 3.70. The lowest BCUT2D eigenvalue weighted by molar-refractivity contribution is 0.160. The van der Waals surface area contributed by atoms with Crippen LogP contribution in [0.15, 0.2) is 0 Å². The number of alkyl halides is 2. The minimum Gasteiger partial charge on any atom is -0.235 e. The van der Waals surface area contributed by atoms with Crippen molar-refractivity contribution in [2.45, 2.75) is 36.5 Å². The molecule has 3 heteroatoms. The Morgan fingerprint density at radius 2 is 2.08 bits per heavy atom. The molecule has 0 rings (SSSR count). The third-order valence-corrected chi connectivity index (χ3v) is 3.42. The lowest BCUT2D eigenvalue weighted by atomic mass is 9.94. The van der Waals surface area contributed by atoms with Gasteiger partial charge < -0.3 is 0 Å². The molecule has 0 N–H and O–H groups in total. The Labute approximate surface area is 103 Å². The maximum Gasteiger partial charge on any atom is 0.0965 e.